The van der Waals surface area contributed by atoms with Gasteiger partial charge in [0.25, 0.3) is 0 Å². The van der Waals surface area contributed by atoms with Crippen molar-refractivity contribution in [1.29, 1.82) is 0 Å². The van der Waals surface area contributed by atoms with Gasteiger partial charge in [0.15, 0.2) is 5.96 Å². The average Bonchev–Trinajstić information content (AvgIpc) is 3.32. The van der Waals surface area contributed by atoms with Gasteiger partial charge in [-0.1, -0.05) is 24.3 Å². The second kappa shape index (κ2) is 14.0. The first-order chi connectivity index (χ1) is 15.6. The Morgan fingerprint density at radius 3 is 2.58 bits per heavy atom. The molecule has 3 rings (SSSR count). The van der Waals surface area contributed by atoms with Crippen LogP contribution < -0.4 is 20.7 Å². The monoisotopic (exact) mass is 565 g/mol. The van der Waals surface area contributed by atoms with Gasteiger partial charge < -0.3 is 20.7 Å². The molecular formula is C25H36IN5O2. The maximum Gasteiger partial charge on any atom is 0.221 e. The van der Waals surface area contributed by atoms with Crippen molar-refractivity contribution in [3.05, 3.63) is 59.7 Å². The summed E-state index contributed by atoms with van der Waals surface area (Å²) >= 11 is 0. The molecule has 180 valence electrons. The SMILES string of the molecule is CCNC(=NCc1cccc(NC(C)=O)c1)NCC(c1cccc(OC)c1)N1CCCC1.I. The van der Waals surface area contributed by atoms with Gasteiger partial charge in [0, 0.05) is 25.7 Å². The van der Waals surface area contributed by atoms with Crippen LogP contribution in [0.1, 0.15) is 43.9 Å². The maximum atomic E-state index is 11.3. The third kappa shape index (κ3) is 8.51. The molecule has 7 nitrogen and oxygen atoms in total. The third-order valence-electron chi connectivity index (χ3n) is 5.53. The molecule has 2 aromatic carbocycles. The molecule has 0 aliphatic carbocycles. The van der Waals surface area contributed by atoms with Crippen LogP contribution in [-0.2, 0) is 11.3 Å². The van der Waals surface area contributed by atoms with E-state index in [0.717, 1.165) is 49.1 Å². The van der Waals surface area contributed by atoms with Gasteiger partial charge >= 0.3 is 0 Å². The Morgan fingerprint density at radius 2 is 1.88 bits per heavy atom. The number of benzene rings is 2. The molecule has 3 N–H and O–H groups in total. The van der Waals surface area contributed by atoms with Crippen molar-refractivity contribution in [3.8, 4) is 5.75 Å². The first-order valence-electron chi connectivity index (χ1n) is 11.4. The topological polar surface area (TPSA) is 78.0 Å². The van der Waals surface area contributed by atoms with E-state index in [-0.39, 0.29) is 35.9 Å². The number of anilines is 1. The number of nitrogens with one attached hydrogen (secondary N) is 3. The van der Waals surface area contributed by atoms with E-state index in [0.29, 0.717) is 6.54 Å². The molecule has 1 unspecified atom stereocenters. The van der Waals surface area contributed by atoms with Gasteiger partial charge in [-0.3, -0.25) is 9.69 Å². The fourth-order valence-electron chi connectivity index (χ4n) is 4.02. The summed E-state index contributed by atoms with van der Waals surface area (Å²) in [6.45, 7) is 7.85. The summed E-state index contributed by atoms with van der Waals surface area (Å²) in [5.41, 5.74) is 3.07. The fraction of sp³-hybridized carbons (Fsp3) is 0.440. The van der Waals surface area contributed by atoms with Crippen LogP contribution in [0.5, 0.6) is 5.75 Å². The summed E-state index contributed by atoms with van der Waals surface area (Å²) in [7, 11) is 1.71. The number of halogens is 1. The van der Waals surface area contributed by atoms with E-state index >= 15 is 0 Å². The smallest absolute Gasteiger partial charge is 0.221 e. The zero-order valence-corrected chi connectivity index (χ0v) is 22.1. The van der Waals surface area contributed by atoms with Gasteiger partial charge in [-0.2, -0.15) is 0 Å². The van der Waals surface area contributed by atoms with Crippen LogP contribution in [0.3, 0.4) is 0 Å². The highest BCUT2D eigenvalue weighted by Crippen LogP contribution is 2.27. The van der Waals surface area contributed by atoms with E-state index in [1.165, 1.54) is 25.3 Å². The lowest BCUT2D eigenvalue weighted by Gasteiger charge is -2.29. The molecule has 1 heterocycles. The van der Waals surface area contributed by atoms with Crippen LogP contribution in [0.25, 0.3) is 0 Å². The lowest BCUT2D eigenvalue weighted by atomic mass is 10.1. The van der Waals surface area contributed by atoms with Gasteiger partial charge in [0.05, 0.1) is 19.7 Å². The van der Waals surface area contributed by atoms with E-state index in [9.17, 15) is 4.79 Å². The van der Waals surface area contributed by atoms with E-state index < -0.39 is 0 Å². The van der Waals surface area contributed by atoms with Crippen molar-refractivity contribution in [2.75, 3.05) is 38.6 Å². The number of aliphatic imine (C=N–C) groups is 1. The van der Waals surface area contributed by atoms with E-state index in [1.54, 1.807) is 7.11 Å². The lowest BCUT2D eigenvalue weighted by Crippen LogP contribution is -2.42. The number of carbonyl (C=O) groups excluding carboxylic acids is 1. The summed E-state index contributed by atoms with van der Waals surface area (Å²) in [4.78, 5) is 18.6. The number of amides is 1. The molecular weight excluding hydrogens is 529 g/mol. The van der Waals surface area contributed by atoms with E-state index in [4.69, 9.17) is 9.73 Å². The minimum absolute atomic E-state index is 0. The molecule has 1 aliphatic rings. The number of likely N-dealkylation sites (tertiary alicyclic amines) is 1. The first-order valence-corrected chi connectivity index (χ1v) is 11.4. The van der Waals surface area contributed by atoms with Crippen LogP contribution in [-0.4, -0.2) is 50.1 Å². The number of hydrogen-bond donors (Lipinski definition) is 3. The Morgan fingerprint density at radius 1 is 1.12 bits per heavy atom. The van der Waals surface area contributed by atoms with E-state index in [1.807, 2.05) is 30.3 Å². The molecule has 0 spiro atoms. The summed E-state index contributed by atoms with van der Waals surface area (Å²) in [6, 6.07) is 16.4. The van der Waals surface area contributed by atoms with Crippen molar-refractivity contribution in [1.82, 2.24) is 15.5 Å². The van der Waals surface area contributed by atoms with Gasteiger partial charge in [-0.15, -0.1) is 24.0 Å². The van der Waals surface area contributed by atoms with Gasteiger partial charge in [-0.25, -0.2) is 4.99 Å². The van der Waals surface area contributed by atoms with Gasteiger partial charge in [0.1, 0.15) is 5.75 Å². The molecule has 1 saturated heterocycles. The largest absolute Gasteiger partial charge is 0.497 e. The highest BCUT2D eigenvalue weighted by atomic mass is 127. The Kier molecular flexibility index (Phi) is 11.5. The third-order valence-corrected chi connectivity index (χ3v) is 5.53. The number of nitrogens with zero attached hydrogens (tertiary/aromatic N) is 2. The molecule has 2 aromatic rings. The molecule has 0 saturated carbocycles. The molecule has 0 aromatic heterocycles. The molecule has 1 atom stereocenters. The van der Waals surface area contributed by atoms with Crippen LogP contribution in [0, 0.1) is 0 Å². The Hall–Kier alpha value is -2.33. The maximum absolute atomic E-state index is 11.3. The average molecular weight is 566 g/mol. The zero-order chi connectivity index (χ0) is 22.8. The second-order valence-electron chi connectivity index (χ2n) is 7.99. The minimum atomic E-state index is -0.0776. The predicted molar refractivity (Wildman–Crippen MR) is 146 cm³/mol. The molecule has 1 amide bonds. The van der Waals surface area contributed by atoms with Crippen LogP contribution >= 0.6 is 24.0 Å². The Bertz CT molecular complexity index is 915. The normalized spacial score (nSPS) is 14.8. The summed E-state index contributed by atoms with van der Waals surface area (Å²) in [5.74, 6) is 1.59. The van der Waals surface area contributed by atoms with Crippen molar-refractivity contribution >= 4 is 41.5 Å². The Balaban J connectivity index is 0.00000385. The quantitative estimate of drug-likeness (QED) is 0.242. The fourth-order valence-corrected chi connectivity index (χ4v) is 4.02. The number of hydrogen-bond acceptors (Lipinski definition) is 4. The molecule has 0 radical (unpaired) electrons. The summed E-state index contributed by atoms with van der Waals surface area (Å²) in [5, 5.41) is 9.71. The van der Waals surface area contributed by atoms with Crippen molar-refractivity contribution < 1.29 is 9.53 Å². The summed E-state index contributed by atoms with van der Waals surface area (Å²) in [6.07, 6.45) is 2.47. The number of methoxy groups -OCH3 is 1. The summed E-state index contributed by atoms with van der Waals surface area (Å²) < 4.78 is 5.45. The minimum Gasteiger partial charge on any atom is -0.497 e. The Labute approximate surface area is 214 Å². The van der Waals surface area contributed by atoms with Crippen molar-refractivity contribution in [2.24, 2.45) is 4.99 Å². The number of guanidine groups is 1. The standard InChI is InChI=1S/C25H35N5O2.HI/c1-4-26-25(27-17-20-9-7-11-22(15-20)29-19(2)31)28-18-24(30-13-5-6-14-30)21-10-8-12-23(16-21)32-3;/h7-12,15-16,24H,4-6,13-14,17-18H2,1-3H3,(H,29,31)(H2,26,27,28);1H. The molecule has 1 fully saturated rings. The van der Waals surface area contributed by atoms with Gasteiger partial charge in [0.2, 0.25) is 5.91 Å². The highest BCUT2D eigenvalue weighted by Gasteiger charge is 2.24. The van der Waals surface area contributed by atoms with Crippen LogP contribution in [0.4, 0.5) is 5.69 Å². The molecule has 1 aliphatic heterocycles. The number of carbonyl (C=O) groups is 1. The lowest BCUT2D eigenvalue weighted by molar-refractivity contribution is -0.114. The first kappa shape index (κ1) is 26.9. The van der Waals surface area contributed by atoms with Gasteiger partial charge in [-0.05, 0) is 68.2 Å². The van der Waals surface area contributed by atoms with Crippen molar-refractivity contribution in [3.63, 3.8) is 0 Å². The molecule has 0 bridgehead atoms. The second-order valence-corrected chi connectivity index (χ2v) is 7.99. The highest BCUT2D eigenvalue weighted by molar-refractivity contribution is 14.0. The number of rotatable bonds is 9. The molecule has 8 heteroatoms. The van der Waals surface area contributed by atoms with Crippen molar-refractivity contribution in [2.45, 2.75) is 39.3 Å². The zero-order valence-electron chi connectivity index (χ0n) is 19.8. The van der Waals surface area contributed by atoms with Crippen LogP contribution in [0.15, 0.2) is 53.5 Å². The predicted octanol–water partition coefficient (Wildman–Crippen LogP) is 4.16. The van der Waals surface area contributed by atoms with E-state index in [2.05, 4.69) is 46.0 Å². The van der Waals surface area contributed by atoms with Crippen LogP contribution in [0.2, 0.25) is 0 Å². The number of ether oxygens (including phenoxy) is 1. The molecule has 33 heavy (non-hydrogen) atoms.